The summed E-state index contributed by atoms with van der Waals surface area (Å²) in [6.45, 7) is 0.956. The predicted molar refractivity (Wildman–Crippen MR) is 97.8 cm³/mol. The number of anilines is 1. The lowest BCUT2D eigenvalue weighted by Crippen LogP contribution is -2.26. The maximum absolute atomic E-state index is 12.1. The Balaban J connectivity index is 1.59. The Bertz CT molecular complexity index is 940. The van der Waals surface area contributed by atoms with Gasteiger partial charge in [0.15, 0.2) is 6.61 Å². The van der Waals surface area contributed by atoms with E-state index >= 15 is 0 Å². The first-order valence-electron chi connectivity index (χ1n) is 7.91. The number of carbonyl (C=O) groups excluding carboxylic acids is 3. The third-order valence-electron chi connectivity index (χ3n) is 4.05. The number of rotatable bonds is 6. The van der Waals surface area contributed by atoms with Crippen LogP contribution in [0.5, 0.6) is 0 Å². The second-order valence-corrected chi connectivity index (χ2v) is 7.79. The van der Waals surface area contributed by atoms with Gasteiger partial charge in [-0.3, -0.25) is 23.7 Å². The molecule has 0 radical (unpaired) electrons. The van der Waals surface area contributed by atoms with Crippen molar-refractivity contribution in [3.05, 3.63) is 36.7 Å². The van der Waals surface area contributed by atoms with E-state index in [9.17, 15) is 19.2 Å². The zero-order valence-electron chi connectivity index (χ0n) is 14.0. The van der Waals surface area contributed by atoms with Crippen LogP contribution in [-0.2, 0) is 33.7 Å². The van der Waals surface area contributed by atoms with Crippen LogP contribution >= 0.6 is 22.7 Å². The number of hydrogen-bond donors (Lipinski definition) is 2. The number of ether oxygens (including phenoxy) is 1. The number of thiazole rings is 1. The average molecular weight is 395 g/mol. The van der Waals surface area contributed by atoms with Gasteiger partial charge >= 0.3 is 10.8 Å². The molecule has 0 fully saturated rings. The Morgan fingerprint density at radius 3 is 2.77 bits per heavy atom. The van der Waals surface area contributed by atoms with Crippen molar-refractivity contribution in [3.63, 3.8) is 0 Å². The lowest BCUT2D eigenvalue weighted by molar-refractivity contribution is -0.147. The fraction of sp³-hybridized carbons (Fsp3) is 0.375. The van der Waals surface area contributed by atoms with Crippen LogP contribution in [0.2, 0.25) is 0 Å². The zero-order chi connectivity index (χ0) is 18.8. The van der Waals surface area contributed by atoms with Gasteiger partial charge in [-0.1, -0.05) is 11.3 Å². The van der Waals surface area contributed by atoms with Gasteiger partial charge in [0.1, 0.15) is 11.5 Å². The monoisotopic (exact) mass is 395 g/mol. The van der Waals surface area contributed by atoms with Gasteiger partial charge in [0, 0.05) is 16.0 Å². The number of nitrogens with two attached hydrogens (primary N) is 1. The number of nitrogens with zero attached hydrogens (tertiary/aromatic N) is 1. The molecule has 3 N–H and O–H groups in total. The molecule has 10 heteroatoms. The number of fused-ring (bicyclic) bond motifs is 1. The van der Waals surface area contributed by atoms with E-state index in [4.69, 9.17) is 10.5 Å². The Morgan fingerprint density at radius 2 is 2.12 bits per heavy atom. The van der Waals surface area contributed by atoms with Crippen molar-refractivity contribution in [1.29, 1.82) is 0 Å². The fourth-order valence-electron chi connectivity index (χ4n) is 2.83. The highest BCUT2D eigenvalue weighted by Gasteiger charge is 2.26. The molecular formula is C16H17N3O5S2. The number of aromatic nitrogens is 1. The molecule has 138 valence electrons. The molecule has 1 aliphatic rings. The van der Waals surface area contributed by atoms with Crippen LogP contribution in [0, 0.1) is 6.92 Å². The molecule has 2 heterocycles. The van der Waals surface area contributed by atoms with E-state index < -0.39 is 24.4 Å². The molecule has 2 amide bonds. The van der Waals surface area contributed by atoms with E-state index in [0.29, 0.717) is 16.3 Å². The van der Waals surface area contributed by atoms with Gasteiger partial charge in [0.2, 0.25) is 0 Å². The number of esters is 1. The summed E-state index contributed by atoms with van der Waals surface area (Å²) in [6, 6.07) is 0. The summed E-state index contributed by atoms with van der Waals surface area (Å²) in [5.74, 6) is -1.83. The fourth-order valence-corrected chi connectivity index (χ4v) is 4.88. The molecule has 0 atom stereocenters. The molecule has 0 saturated heterocycles. The molecule has 2 aromatic heterocycles. The molecule has 8 nitrogen and oxygen atoms in total. The van der Waals surface area contributed by atoms with Crippen LogP contribution in [0.4, 0.5) is 5.00 Å². The summed E-state index contributed by atoms with van der Waals surface area (Å²) in [4.78, 5) is 47.9. The van der Waals surface area contributed by atoms with Crippen molar-refractivity contribution < 1.29 is 19.1 Å². The third-order valence-corrected chi connectivity index (χ3v) is 6.14. The maximum Gasteiger partial charge on any atom is 0.326 e. The molecule has 0 spiro atoms. The minimum absolute atomic E-state index is 0.249. The second-order valence-electron chi connectivity index (χ2n) is 5.86. The van der Waals surface area contributed by atoms with E-state index in [1.54, 1.807) is 12.3 Å². The molecule has 2 aromatic rings. The van der Waals surface area contributed by atoms with E-state index in [1.165, 1.54) is 15.9 Å². The third kappa shape index (κ3) is 3.70. The first-order chi connectivity index (χ1) is 12.4. The number of primary amides is 1. The van der Waals surface area contributed by atoms with Crippen molar-refractivity contribution in [2.24, 2.45) is 5.73 Å². The van der Waals surface area contributed by atoms with Crippen LogP contribution in [-0.4, -0.2) is 29.0 Å². The summed E-state index contributed by atoms with van der Waals surface area (Å²) < 4.78 is 6.20. The van der Waals surface area contributed by atoms with Crippen LogP contribution in [0.15, 0.2) is 10.2 Å². The lowest BCUT2D eigenvalue weighted by atomic mass is 10.1. The summed E-state index contributed by atoms with van der Waals surface area (Å²) in [5.41, 5.74) is 7.34. The van der Waals surface area contributed by atoms with E-state index in [-0.39, 0.29) is 11.4 Å². The second kappa shape index (κ2) is 7.42. The maximum atomic E-state index is 12.1. The average Bonchev–Trinajstić information content (AvgIpc) is 3.23. The largest absolute Gasteiger partial charge is 0.454 e. The Hall–Kier alpha value is -2.46. The molecule has 0 saturated carbocycles. The number of nitrogens with one attached hydrogen (secondary N) is 1. The summed E-state index contributed by atoms with van der Waals surface area (Å²) in [6.07, 6.45) is 2.60. The van der Waals surface area contributed by atoms with Gasteiger partial charge < -0.3 is 15.8 Å². The molecule has 0 aromatic carbocycles. The molecule has 1 aliphatic carbocycles. The molecule has 0 unspecified atom stereocenters. The summed E-state index contributed by atoms with van der Waals surface area (Å²) in [7, 11) is 0. The Kier molecular flexibility index (Phi) is 5.23. The number of thiophene rings is 1. The van der Waals surface area contributed by atoms with Crippen LogP contribution < -0.4 is 15.9 Å². The standard InChI is InChI=1S/C16H17N3O5S2/c1-8-7-25-16(23)19(8)5-12(21)24-6-11(20)18-15-13(14(17)22)9-3-2-4-10(9)26-15/h7H,2-6H2,1H3,(H2,17,22)(H,18,20). The summed E-state index contributed by atoms with van der Waals surface area (Å²) >= 11 is 2.32. The number of amides is 2. The minimum atomic E-state index is -0.687. The Morgan fingerprint density at radius 1 is 1.35 bits per heavy atom. The van der Waals surface area contributed by atoms with Gasteiger partial charge in [-0.2, -0.15) is 0 Å². The number of aryl methyl sites for hydroxylation is 2. The zero-order valence-corrected chi connectivity index (χ0v) is 15.6. The van der Waals surface area contributed by atoms with Gasteiger partial charge in [0.05, 0.1) is 5.56 Å². The van der Waals surface area contributed by atoms with Gasteiger partial charge in [0.25, 0.3) is 11.8 Å². The van der Waals surface area contributed by atoms with Gasteiger partial charge in [-0.05, 0) is 31.7 Å². The molecule has 3 rings (SSSR count). The van der Waals surface area contributed by atoms with E-state index in [2.05, 4.69) is 5.32 Å². The van der Waals surface area contributed by atoms with Gasteiger partial charge in [-0.25, -0.2) is 0 Å². The first kappa shape index (κ1) is 18.3. The van der Waals surface area contributed by atoms with Crippen molar-refractivity contribution in [1.82, 2.24) is 4.57 Å². The van der Waals surface area contributed by atoms with Crippen LogP contribution in [0.1, 0.15) is 32.9 Å². The van der Waals surface area contributed by atoms with Crippen LogP contribution in [0.3, 0.4) is 0 Å². The topological polar surface area (TPSA) is 120 Å². The number of carbonyl (C=O) groups is 3. The van der Waals surface area contributed by atoms with E-state index in [1.807, 2.05) is 0 Å². The smallest absolute Gasteiger partial charge is 0.326 e. The number of hydrogen-bond acceptors (Lipinski definition) is 7. The quantitative estimate of drug-likeness (QED) is 0.708. The van der Waals surface area contributed by atoms with Gasteiger partial charge in [-0.15, -0.1) is 11.3 Å². The van der Waals surface area contributed by atoms with Crippen molar-refractivity contribution >= 4 is 45.5 Å². The molecular weight excluding hydrogens is 378 g/mol. The highest BCUT2D eigenvalue weighted by atomic mass is 32.1. The first-order valence-corrected chi connectivity index (χ1v) is 9.61. The summed E-state index contributed by atoms with van der Waals surface area (Å²) in [5, 5.41) is 4.63. The highest BCUT2D eigenvalue weighted by molar-refractivity contribution is 7.17. The molecule has 0 aliphatic heterocycles. The van der Waals surface area contributed by atoms with Crippen molar-refractivity contribution in [3.8, 4) is 0 Å². The molecule has 26 heavy (non-hydrogen) atoms. The van der Waals surface area contributed by atoms with E-state index in [0.717, 1.165) is 41.0 Å². The molecule has 0 bridgehead atoms. The lowest BCUT2D eigenvalue weighted by Gasteiger charge is -2.08. The Labute approximate surface area is 156 Å². The normalized spacial score (nSPS) is 12.7. The minimum Gasteiger partial charge on any atom is -0.454 e. The van der Waals surface area contributed by atoms with Crippen LogP contribution in [0.25, 0.3) is 0 Å². The highest BCUT2D eigenvalue weighted by Crippen LogP contribution is 2.38. The SMILES string of the molecule is Cc1csc(=O)n1CC(=O)OCC(=O)Nc1sc2c(c1C(N)=O)CCC2. The van der Waals surface area contributed by atoms with Crippen molar-refractivity contribution in [2.75, 3.05) is 11.9 Å². The predicted octanol–water partition coefficient (Wildman–Crippen LogP) is 1.05. The van der Waals surface area contributed by atoms with Crippen molar-refractivity contribution in [2.45, 2.75) is 32.7 Å².